The molecule has 20 heavy (non-hydrogen) atoms. The number of rotatable bonds is 5. The molecule has 0 heterocycles. The van der Waals surface area contributed by atoms with Crippen LogP contribution in [0.3, 0.4) is 0 Å². The van der Waals surface area contributed by atoms with Crippen LogP contribution < -0.4 is 11.1 Å². The number of thiocarbonyl (C=S) groups is 1. The summed E-state index contributed by atoms with van der Waals surface area (Å²) in [5.74, 6) is -0.228. The molecule has 3 N–H and O–H groups in total. The largest absolute Gasteiger partial charge is 0.389 e. The maximum absolute atomic E-state index is 13.1. The van der Waals surface area contributed by atoms with Crippen molar-refractivity contribution in [2.24, 2.45) is 5.73 Å². The topological polar surface area (TPSA) is 38.0 Å². The molecule has 0 radical (unpaired) electrons. The van der Waals surface area contributed by atoms with Gasteiger partial charge in [-0.15, -0.1) is 0 Å². The van der Waals surface area contributed by atoms with Crippen molar-refractivity contribution in [3.63, 3.8) is 0 Å². The smallest absolute Gasteiger partial charge is 0.123 e. The SMILES string of the molecule is NC(=S)c1c(Cl)cccc1NCCc1cccc(F)c1. The van der Waals surface area contributed by atoms with E-state index in [2.05, 4.69) is 5.32 Å². The molecule has 5 heteroatoms. The lowest BCUT2D eigenvalue weighted by Gasteiger charge is -2.12. The zero-order valence-electron chi connectivity index (χ0n) is 10.7. The Hall–Kier alpha value is -1.65. The summed E-state index contributed by atoms with van der Waals surface area (Å²) in [7, 11) is 0. The summed E-state index contributed by atoms with van der Waals surface area (Å²) in [6.45, 7) is 0.638. The van der Waals surface area contributed by atoms with Gasteiger partial charge in [-0.1, -0.05) is 42.0 Å². The number of anilines is 1. The average molecular weight is 309 g/mol. The Balaban J connectivity index is 2.05. The van der Waals surface area contributed by atoms with Gasteiger partial charge in [-0.05, 0) is 36.2 Å². The minimum absolute atomic E-state index is 0.228. The van der Waals surface area contributed by atoms with Crippen molar-refractivity contribution in [1.82, 2.24) is 0 Å². The molecule has 0 aliphatic heterocycles. The van der Waals surface area contributed by atoms with Crippen molar-refractivity contribution in [2.75, 3.05) is 11.9 Å². The van der Waals surface area contributed by atoms with E-state index in [0.29, 0.717) is 23.6 Å². The van der Waals surface area contributed by atoms with Gasteiger partial charge in [0.2, 0.25) is 0 Å². The van der Waals surface area contributed by atoms with Crippen molar-refractivity contribution in [3.05, 3.63) is 64.4 Å². The first-order valence-corrected chi connectivity index (χ1v) is 6.93. The maximum Gasteiger partial charge on any atom is 0.123 e. The molecule has 104 valence electrons. The van der Waals surface area contributed by atoms with Crippen LogP contribution in [0.5, 0.6) is 0 Å². The first kappa shape index (κ1) is 14.8. The Morgan fingerprint density at radius 2 is 2.00 bits per heavy atom. The predicted octanol–water partition coefficient (Wildman–Crippen LogP) is 3.77. The number of halogens is 2. The van der Waals surface area contributed by atoms with E-state index in [4.69, 9.17) is 29.6 Å². The Labute approximate surface area is 127 Å². The third-order valence-electron chi connectivity index (χ3n) is 2.88. The molecule has 0 spiro atoms. The van der Waals surface area contributed by atoms with Gasteiger partial charge in [-0.25, -0.2) is 4.39 Å². The second-order valence-electron chi connectivity index (χ2n) is 4.33. The number of hydrogen-bond acceptors (Lipinski definition) is 2. The van der Waals surface area contributed by atoms with E-state index in [0.717, 1.165) is 11.3 Å². The summed E-state index contributed by atoms with van der Waals surface area (Å²) in [4.78, 5) is 0.254. The van der Waals surface area contributed by atoms with E-state index in [9.17, 15) is 4.39 Å². The van der Waals surface area contributed by atoms with Crippen LogP contribution in [-0.2, 0) is 6.42 Å². The van der Waals surface area contributed by atoms with Crippen LogP contribution in [-0.4, -0.2) is 11.5 Å². The molecule has 0 aliphatic rings. The second kappa shape index (κ2) is 6.68. The summed E-state index contributed by atoms with van der Waals surface area (Å²) < 4.78 is 13.1. The average Bonchev–Trinajstić information content (AvgIpc) is 2.38. The molecular weight excluding hydrogens is 295 g/mol. The highest BCUT2D eigenvalue weighted by Crippen LogP contribution is 2.24. The summed E-state index contributed by atoms with van der Waals surface area (Å²) in [6.07, 6.45) is 0.695. The second-order valence-corrected chi connectivity index (χ2v) is 5.18. The molecule has 0 saturated heterocycles. The molecule has 0 aliphatic carbocycles. The van der Waals surface area contributed by atoms with Gasteiger partial charge in [0.05, 0.1) is 10.6 Å². The molecule has 2 aromatic rings. The Morgan fingerprint density at radius 3 is 2.70 bits per heavy atom. The lowest BCUT2D eigenvalue weighted by atomic mass is 10.1. The lowest BCUT2D eigenvalue weighted by Crippen LogP contribution is -2.15. The minimum atomic E-state index is -0.228. The third-order valence-corrected chi connectivity index (χ3v) is 3.40. The number of hydrogen-bond donors (Lipinski definition) is 2. The summed E-state index contributed by atoms with van der Waals surface area (Å²) >= 11 is 11.1. The van der Waals surface area contributed by atoms with Gasteiger partial charge in [0.1, 0.15) is 10.8 Å². The fraction of sp³-hybridized carbons (Fsp3) is 0.133. The van der Waals surface area contributed by atoms with Crippen LogP contribution in [0.2, 0.25) is 5.02 Å². The normalized spacial score (nSPS) is 10.3. The number of benzene rings is 2. The van der Waals surface area contributed by atoms with Gasteiger partial charge < -0.3 is 11.1 Å². The van der Waals surface area contributed by atoms with Gasteiger partial charge in [0.15, 0.2) is 0 Å². The van der Waals surface area contributed by atoms with Crippen molar-refractivity contribution in [3.8, 4) is 0 Å². The molecule has 0 bridgehead atoms. The maximum atomic E-state index is 13.1. The zero-order valence-corrected chi connectivity index (χ0v) is 12.3. The molecule has 0 aromatic heterocycles. The predicted molar refractivity (Wildman–Crippen MR) is 85.9 cm³/mol. The van der Waals surface area contributed by atoms with Crippen LogP contribution in [0, 0.1) is 5.82 Å². The van der Waals surface area contributed by atoms with Gasteiger partial charge in [0, 0.05) is 12.2 Å². The molecule has 0 saturated carbocycles. The molecule has 0 atom stereocenters. The zero-order chi connectivity index (χ0) is 14.5. The van der Waals surface area contributed by atoms with E-state index in [-0.39, 0.29) is 10.8 Å². The fourth-order valence-corrected chi connectivity index (χ4v) is 2.51. The van der Waals surface area contributed by atoms with Crippen LogP contribution in [0.1, 0.15) is 11.1 Å². The molecule has 2 nitrogen and oxygen atoms in total. The van der Waals surface area contributed by atoms with Crippen LogP contribution in [0.15, 0.2) is 42.5 Å². The molecular formula is C15H14ClFN2S. The quantitative estimate of drug-likeness (QED) is 0.826. The lowest BCUT2D eigenvalue weighted by molar-refractivity contribution is 0.625. The number of nitrogens with one attached hydrogen (secondary N) is 1. The summed E-state index contributed by atoms with van der Waals surface area (Å²) in [6, 6.07) is 12.0. The highest BCUT2D eigenvalue weighted by molar-refractivity contribution is 7.80. The van der Waals surface area contributed by atoms with E-state index in [1.807, 2.05) is 18.2 Å². The monoisotopic (exact) mass is 308 g/mol. The van der Waals surface area contributed by atoms with Gasteiger partial charge in [0.25, 0.3) is 0 Å². The molecule has 0 unspecified atom stereocenters. The summed E-state index contributed by atoms with van der Waals surface area (Å²) in [5.41, 5.74) is 8.04. The minimum Gasteiger partial charge on any atom is -0.389 e. The third kappa shape index (κ3) is 3.68. The van der Waals surface area contributed by atoms with Crippen molar-refractivity contribution in [1.29, 1.82) is 0 Å². The van der Waals surface area contributed by atoms with E-state index < -0.39 is 0 Å². The highest BCUT2D eigenvalue weighted by atomic mass is 35.5. The first-order valence-electron chi connectivity index (χ1n) is 6.14. The van der Waals surface area contributed by atoms with Crippen molar-refractivity contribution >= 4 is 34.5 Å². The Bertz CT molecular complexity index is 631. The standard InChI is InChI=1S/C15H14ClFN2S/c16-12-5-2-6-13(14(12)15(18)20)19-8-7-10-3-1-4-11(17)9-10/h1-6,9,19H,7-8H2,(H2,18,20). The van der Waals surface area contributed by atoms with E-state index in [1.165, 1.54) is 12.1 Å². The first-order chi connectivity index (χ1) is 9.58. The van der Waals surface area contributed by atoms with Crippen molar-refractivity contribution in [2.45, 2.75) is 6.42 Å². The van der Waals surface area contributed by atoms with E-state index in [1.54, 1.807) is 12.1 Å². The van der Waals surface area contributed by atoms with Gasteiger partial charge in [-0.2, -0.15) is 0 Å². The van der Waals surface area contributed by atoms with Gasteiger partial charge in [-0.3, -0.25) is 0 Å². The number of nitrogens with two attached hydrogens (primary N) is 1. The fourth-order valence-electron chi connectivity index (χ4n) is 1.96. The Kier molecular flexibility index (Phi) is 4.93. The summed E-state index contributed by atoms with van der Waals surface area (Å²) in [5, 5.41) is 3.75. The van der Waals surface area contributed by atoms with Gasteiger partial charge >= 0.3 is 0 Å². The van der Waals surface area contributed by atoms with Crippen LogP contribution >= 0.6 is 23.8 Å². The molecule has 0 fully saturated rings. The van der Waals surface area contributed by atoms with E-state index >= 15 is 0 Å². The molecule has 0 amide bonds. The van der Waals surface area contributed by atoms with Crippen LogP contribution in [0.25, 0.3) is 0 Å². The molecule has 2 aromatic carbocycles. The molecule has 2 rings (SSSR count). The van der Waals surface area contributed by atoms with Crippen molar-refractivity contribution < 1.29 is 4.39 Å². The highest BCUT2D eigenvalue weighted by Gasteiger charge is 2.09. The van der Waals surface area contributed by atoms with Crippen LogP contribution in [0.4, 0.5) is 10.1 Å². The Morgan fingerprint density at radius 1 is 1.25 bits per heavy atom.